The lowest BCUT2D eigenvalue weighted by Gasteiger charge is -1.83. The number of hydrogen-bond donors (Lipinski definition) is 1. The van der Waals surface area contributed by atoms with Crippen LogP contribution in [0.15, 0.2) is 25.2 Å². The second kappa shape index (κ2) is 3.67. The lowest BCUT2D eigenvalue weighted by atomic mass is 10.3. The Kier molecular flexibility index (Phi) is 2.15. The molecular formula is C9H6N4O3S. The fourth-order valence-electron chi connectivity index (χ4n) is 1.31. The number of nitrogens with zero attached hydrogens (tertiary/aromatic N) is 3. The van der Waals surface area contributed by atoms with E-state index < -0.39 is 5.76 Å². The molecule has 8 heteroatoms. The Morgan fingerprint density at radius 2 is 2.29 bits per heavy atom. The minimum absolute atomic E-state index is 0.0944. The molecule has 0 bridgehead atoms. The predicted molar refractivity (Wildman–Crippen MR) is 58.5 cm³/mol. The molecule has 0 saturated heterocycles. The van der Waals surface area contributed by atoms with Crippen molar-refractivity contribution in [1.29, 1.82) is 0 Å². The molecule has 3 rings (SSSR count). The molecule has 0 fully saturated rings. The van der Waals surface area contributed by atoms with Gasteiger partial charge in [0.25, 0.3) is 5.89 Å². The van der Waals surface area contributed by atoms with Crippen LogP contribution in [0.2, 0.25) is 0 Å². The Morgan fingerprint density at radius 3 is 2.94 bits per heavy atom. The number of aromatic amines is 1. The first-order valence-corrected chi connectivity index (χ1v) is 5.55. The van der Waals surface area contributed by atoms with E-state index in [2.05, 4.69) is 20.3 Å². The van der Waals surface area contributed by atoms with Crippen LogP contribution >= 0.6 is 11.3 Å². The maximum absolute atomic E-state index is 10.8. The van der Waals surface area contributed by atoms with Gasteiger partial charge in [0.15, 0.2) is 11.5 Å². The standard InChI is InChI=1S/C9H6N4O3S/c1-4-10-6(3-17-4)7-2-5(13-16-7)8-11-12-9(14)15-8/h2-3H,1H3,(H,12,14). The van der Waals surface area contributed by atoms with Crippen LogP contribution in [0.5, 0.6) is 0 Å². The van der Waals surface area contributed by atoms with Gasteiger partial charge < -0.3 is 8.94 Å². The average molecular weight is 250 g/mol. The summed E-state index contributed by atoms with van der Waals surface area (Å²) in [6.45, 7) is 1.90. The summed E-state index contributed by atoms with van der Waals surface area (Å²) in [7, 11) is 0. The molecule has 0 aliphatic rings. The molecule has 0 aliphatic heterocycles. The summed E-state index contributed by atoms with van der Waals surface area (Å²) < 4.78 is 9.87. The topological polar surface area (TPSA) is 97.8 Å². The monoisotopic (exact) mass is 250 g/mol. The highest BCUT2D eigenvalue weighted by Crippen LogP contribution is 2.25. The van der Waals surface area contributed by atoms with Crippen molar-refractivity contribution in [2.24, 2.45) is 0 Å². The Morgan fingerprint density at radius 1 is 1.41 bits per heavy atom. The lowest BCUT2D eigenvalue weighted by molar-refractivity contribution is 0.428. The van der Waals surface area contributed by atoms with E-state index in [4.69, 9.17) is 8.94 Å². The molecule has 3 aromatic heterocycles. The zero-order valence-corrected chi connectivity index (χ0v) is 9.45. The molecule has 0 atom stereocenters. The van der Waals surface area contributed by atoms with Crippen LogP contribution in [0, 0.1) is 6.92 Å². The molecule has 86 valence electrons. The van der Waals surface area contributed by atoms with Gasteiger partial charge in [0, 0.05) is 11.4 Å². The minimum atomic E-state index is -0.631. The number of hydrogen-bond acceptors (Lipinski definition) is 7. The van der Waals surface area contributed by atoms with E-state index in [1.54, 1.807) is 6.07 Å². The number of nitrogens with one attached hydrogen (secondary N) is 1. The first kappa shape index (κ1) is 9.97. The van der Waals surface area contributed by atoms with Crippen molar-refractivity contribution in [3.63, 3.8) is 0 Å². The lowest BCUT2D eigenvalue weighted by Crippen LogP contribution is -1.93. The van der Waals surface area contributed by atoms with Crippen molar-refractivity contribution < 1.29 is 8.94 Å². The van der Waals surface area contributed by atoms with Gasteiger partial charge in [-0.25, -0.2) is 14.9 Å². The predicted octanol–water partition coefficient (Wildman–Crippen LogP) is 1.45. The van der Waals surface area contributed by atoms with Crippen LogP contribution in [0.4, 0.5) is 0 Å². The van der Waals surface area contributed by atoms with Gasteiger partial charge >= 0.3 is 5.76 Å². The molecule has 7 nitrogen and oxygen atoms in total. The molecule has 3 aromatic rings. The molecule has 0 unspecified atom stereocenters. The zero-order valence-electron chi connectivity index (χ0n) is 8.63. The molecule has 0 radical (unpaired) electrons. The molecule has 0 aromatic carbocycles. The van der Waals surface area contributed by atoms with Crippen LogP contribution in [0.25, 0.3) is 23.0 Å². The first-order chi connectivity index (χ1) is 8.22. The van der Waals surface area contributed by atoms with Gasteiger partial charge in [0.1, 0.15) is 5.69 Å². The first-order valence-electron chi connectivity index (χ1n) is 4.67. The number of thiazole rings is 1. The number of aromatic nitrogens is 4. The van der Waals surface area contributed by atoms with Gasteiger partial charge in [-0.15, -0.1) is 16.4 Å². The highest BCUT2D eigenvalue weighted by Gasteiger charge is 2.14. The Hall–Kier alpha value is -2.22. The molecule has 1 N–H and O–H groups in total. The van der Waals surface area contributed by atoms with Gasteiger partial charge in [0.2, 0.25) is 0 Å². The fourth-order valence-corrected chi connectivity index (χ4v) is 1.91. The van der Waals surface area contributed by atoms with Gasteiger partial charge in [-0.2, -0.15) is 0 Å². The van der Waals surface area contributed by atoms with Crippen molar-refractivity contribution in [2.45, 2.75) is 6.92 Å². The molecular weight excluding hydrogens is 244 g/mol. The van der Waals surface area contributed by atoms with Gasteiger partial charge in [-0.1, -0.05) is 5.16 Å². The van der Waals surface area contributed by atoms with Crippen LogP contribution in [-0.4, -0.2) is 20.3 Å². The summed E-state index contributed by atoms with van der Waals surface area (Å²) in [5.41, 5.74) is 1.05. The summed E-state index contributed by atoms with van der Waals surface area (Å²) in [6, 6.07) is 1.62. The second-order valence-corrected chi connectivity index (χ2v) is 4.31. The van der Waals surface area contributed by atoms with Crippen LogP contribution < -0.4 is 5.76 Å². The average Bonchev–Trinajstić information content (AvgIpc) is 2.96. The third-order valence-corrected chi connectivity index (χ3v) is 2.81. The highest BCUT2D eigenvalue weighted by molar-refractivity contribution is 7.09. The van der Waals surface area contributed by atoms with Gasteiger partial charge in [-0.05, 0) is 6.92 Å². The summed E-state index contributed by atoms with van der Waals surface area (Å²) >= 11 is 1.51. The van der Waals surface area contributed by atoms with Crippen molar-refractivity contribution in [3.05, 3.63) is 27.0 Å². The zero-order chi connectivity index (χ0) is 11.8. The van der Waals surface area contributed by atoms with Crippen molar-refractivity contribution >= 4 is 11.3 Å². The number of rotatable bonds is 2. The van der Waals surface area contributed by atoms with Crippen molar-refractivity contribution in [1.82, 2.24) is 20.3 Å². The van der Waals surface area contributed by atoms with Crippen molar-refractivity contribution in [3.8, 4) is 23.0 Å². The van der Waals surface area contributed by atoms with Crippen LogP contribution in [0.3, 0.4) is 0 Å². The summed E-state index contributed by atoms with van der Waals surface area (Å²) in [6.07, 6.45) is 0. The Balaban J connectivity index is 2.00. The molecule has 0 saturated carbocycles. The van der Waals surface area contributed by atoms with E-state index in [0.717, 1.165) is 5.01 Å². The van der Waals surface area contributed by atoms with E-state index in [0.29, 0.717) is 17.1 Å². The van der Waals surface area contributed by atoms with E-state index in [-0.39, 0.29) is 5.89 Å². The highest BCUT2D eigenvalue weighted by atomic mass is 32.1. The summed E-state index contributed by atoms with van der Waals surface area (Å²) in [4.78, 5) is 15.0. The maximum atomic E-state index is 10.8. The van der Waals surface area contributed by atoms with Gasteiger partial charge in [-0.3, -0.25) is 0 Å². The number of H-pyrrole nitrogens is 1. The largest absolute Gasteiger partial charge is 0.434 e. The molecule has 0 spiro atoms. The van der Waals surface area contributed by atoms with E-state index in [9.17, 15) is 4.79 Å². The minimum Gasteiger partial charge on any atom is -0.386 e. The van der Waals surface area contributed by atoms with Crippen LogP contribution in [-0.2, 0) is 0 Å². The third kappa shape index (κ3) is 1.78. The normalized spacial score (nSPS) is 10.9. The van der Waals surface area contributed by atoms with Crippen molar-refractivity contribution in [2.75, 3.05) is 0 Å². The van der Waals surface area contributed by atoms with E-state index in [1.807, 2.05) is 12.3 Å². The SMILES string of the molecule is Cc1nc(-c2cc(-c3n[nH]c(=O)o3)no2)cs1. The number of aryl methyl sites for hydroxylation is 1. The Bertz CT molecular complexity index is 707. The smallest absolute Gasteiger partial charge is 0.386 e. The molecule has 17 heavy (non-hydrogen) atoms. The summed E-state index contributed by atoms with van der Waals surface area (Å²) in [5.74, 6) is -0.0268. The molecule has 3 heterocycles. The quantitative estimate of drug-likeness (QED) is 0.739. The third-order valence-electron chi connectivity index (χ3n) is 2.04. The molecule has 0 aliphatic carbocycles. The Labute approximate surface area is 98.1 Å². The van der Waals surface area contributed by atoms with Gasteiger partial charge in [0.05, 0.1) is 5.01 Å². The molecule has 0 amide bonds. The maximum Gasteiger partial charge on any atom is 0.434 e. The van der Waals surface area contributed by atoms with E-state index >= 15 is 0 Å². The fraction of sp³-hybridized carbons (Fsp3) is 0.111. The van der Waals surface area contributed by atoms with E-state index in [1.165, 1.54) is 11.3 Å². The summed E-state index contributed by atoms with van der Waals surface area (Å²) in [5, 5.41) is 12.4. The van der Waals surface area contributed by atoms with Crippen LogP contribution in [0.1, 0.15) is 5.01 Å². The second-order valence-electron chi connectivity index (χ2n) is 3.25.